The highest BCUT2D eigenvalue weighted by atomic mass is 35.5. The molecule has 3 N–H and O–H groups in total. The maximum Gasteiger partial charge on any atom is 0.425 e. The number of carbonyl (C=O) groups excluding carboxylic acids is 1. The van der Waals surface area contributed by atoms with Crippen molar-refractivity contribution in [2.45, 2.75) is 19.2 Å². The zero-order valence-corrected chi connectivity index (χ0v) is 17.4. The lowest BCUT2D eigenvalue weighted by Gasteiger charge is -2.20. The van der Waals surface area contributed by atoms with Gasteiger partial charge in [-0.05, 0) is 31.2 Å². The van der Waals surface area contributed by atoms with Crippen LogP contribution in [0.4, 0.5) is 33.6 Å². The maximum absolute atomic E-state index is 14.8. The fourth-order valence-corrected chi connectivity index (χ4v) is 2.90. The number of nitrogens with one attached hydrogen (secondary N) is 1. The molecule has 170 valence electrons. The summed E-state index contributed by atoms with van der Waals surface area (Å²) in [7, 11) is 1.53. The van der Waals surface area contributed by atoms with Crippen LogP contribution in [-0.4, -0.2) is 27.7 Å². The SMILES string of the molecule is C[C@H](Oc1cc(-c2cn(C)c(N)n2)c(F)cc1C(=O)Nc1c(F)cccc1Cl)C(F)(F)F. The predicted molar refractivity (Wildman–Crippen MR) is 109 cm³/mol. The molecule has 0 radical (unpaired) electrons. The van der Waals surface area contributed by atoms with Gasteiger partial charge in [-0.3, -0.25) is 4.79 Å². The molecule has 32 heavy (non-hydrogen) atoms. The number of aryl methyl sites for hydroxylation is 1. The number of para-hydroxylation sites is 1. The number of anilines is 2. The van der Waals surface area contributed by atoms with Crippen LogP contribution in [0.1, 0.15) is 17.3 Å². The van der Waals surface area contributed by atoms with Crippen LogP contribution in [0.25, 0.3) is 11.3 Å². The van der Waals surface area contributed by atoms with Gasteiger partial charge < -0.3 is 20.4 Å². The molecule has 3 rings (SSSR count). The highest BCUT2D eigenvalue weighted by Crippen LogP contribution is 2.34. The van der Waals surface area contributed by atoms with Crippen molar-refractivity contribution in [2.24, 2.45) is 7.05 Å². The van der Waals surface area contributed by atoms with Crippen LogP contribution < -0.4 is 15.8 Å². The number of ether oxygens (including phenoxy) is 1. The summed E-state index contributed by atoms with van der Waals surface area (Å²) in [6.07, 6.45) is -5.76. The third kappa shape index (κ3) is 4.77. The van der Waals surface area contributed by atoms with Gasteiger partial charge in [0.05, 0.1) is 22.0 Å². The molecule has 0 saturated heterocycles. The van der Waals surface area contributed by atoms with Crippen molar-refractivity contribution in [2.75, 3.05) is 11.1 Å². The Morgan fingerprint density at radius 3 is 2.50 bits per heavy atom. The third-order valence-corrected chi connectivity index (χ3v) is 4.78. The first-order valence-corrected chi connectivity index (χ1v) is 9.37. The number of halogens is 6. The molecule has 3 aromatic rings. The van der Waals surface area contributed by atoms with Gasteiger partial charge in [-0.2, -0.15) is 13.2 Å². The monoisotopic (exact) mass is 474 g/mol. The smallest absolute Gasteiger partial charge is 0.425 e. The van der Waals surface area contributed by atoms with Gasteiger partial charge in [0.25, 0.3) is 5.91 Å². The molecule has 0 spiro atoms. The second-order valence-corrected chi connectivity index (χ2v) is 7.18. The molecule has 0 unspecified atom stereocenters. The molecule has 0 fully saturated rings. The van der Waals surface area contributed by atoms with E-state index in [0.717, 1.165) is 19.1 Å². The number of benzene rings is 2. The van der Waals surface area contributed by atoms with Crippen LogP contribution in [0, 0.1) is 11.6 Å². The Balaban J connectivity index is 2.09. The second-order valence-electron chi connectivity index (χ2n) is 6.78. The number of hydrogen-bond donors (Lipinski definition) is 2. The van der Waals surface area contributed by atoms with Crippen LogP contribution in [-0.2, 0) is 7.05 Å². The number of alkyl halides is 3. The van der Waals surface area contributed by atoms with E-state index in [1.807, 2.05) is 0 Å². The van der Waals surface area contributed by atoms with Gasteiger partial charge in [-0.1, -0.05) is 17.7 Å². The largest absolute Gasteiger partial charge is 0.480 e. The standard InChI is InChI=1S/C20H16ClF5N4O2/c1-9(20(24,25)26)32-16-7-10(15-8-30(2)19(27)28-15)14(23)6-11(16)18(31)29-17-12(21)4-3-5-13(17)22/h3-9H,1-2H3,(H2,27,28)(H,29,31)/t9-/m0/s1. The minimum atomic E-state index is -4.77. The van der Waals surface area contributed by atoms with Crippen LogP contribution in [0.15, 0.2) is 36.5 Å². The first-order chi connectivity index (χ1) is 14.9. The zero-order chi connectivity index (χ0) is 23.8. The van der Waals surface area contributed by atoms with Crippen LogP contribution in [0.2, 0.25) is 5.02 Å². The summed E-state index contributed by atoms with van der Waals surface area (Å²) in [5.74, 6) is -3.58. The number of carbonyl (C=O) groups is 1. The van der Waals surface area contributed by atoms with E-state index < -0.39 is 46.8 Å². The number of hydrogen-bond acceptors (Lipinski definition) is 4. The Kier molecular flexibility index (Phi) is 6.31. The van der Waals surface area contributed by atoms with E-state index in [1.54, 1.807) is 0 Å². The van der Waals surface area contributed by atoms with Crippen LogP contribution in [0.3, 0.4) is 0 Å². The molecule has 0 aliphatic rings. The van der Waals surface area contributed by atoms with Crippen molar-refractivity contribution < 1.29 is 31.5 Å². The van der Waals surface area contributed by atoms with Crippen LogP contribution in [0.5, 0.6) is 5.75 Å². The van der Waals surface area contributed by atoms with Crippen molar-refractivity contribution in [3.05, 3.63) is 58.7 Å². The minimum Gasteiger partial charge on any atom is -0.480 e. The number of aromatic nitrogens is 2. The minimum absolute atomic E-state index is 0.0103. The second kappa shape index (κ2) is 8.65. The number of rotatable bonds is 5. The highest BCUT2D eigenvalue weighted by molar-refractivity contribution is 6.34. The summed E-state index contributed by atoms with van der Waals surface area (Å²) in [5, 5.41) is 1.97. The van der Waals surface area contributed by atoms with E-state index in [4.69, 9.17) is 22.1 Å². The van der Waals surface area contributed by atoms with Crippen molar-refractivity contribution in [3.63, 3.8) is 0 Å². The Morgan fingerprint density at radius 2 is 1.94 bits per heavy atom. The van der Waals surface area contributed by atoms with Gasteiger partial charge in [0.2, 0.25) is 0 Å². The molecule has 0 aliphatic heterocycles. The molecule has 0 saturated carbocycles. The van der Waals surface area contributed by atoms with Crippen molar-refractivity contribution >= 4 is 29.1 Å². The molecule has 1 amide bonds. The summed E-state index contributed by atoms with van der Waals surface area (Å²) in [6, 6.07) is 5.16. The molecule has 1 aromatic heterocycles. The Bertz CT molecular complexity index is 1140. The maximum atomic E-state index is 14.8. The molecule has 1 heterocycles. The van der Waals surface area contributed by atoms with E-state index in [2.05, 4.69) is 10.3 Å². The van der Waals surface area contributed by atoms with Crippen molar-refractivity contribution in [1.82, 2.24) is 9.55 Å². The van der Waals surface area contributed by atoms with Gasteiger partial charge in [0, 0.05) is 18.8 Å². The average molecular weight is 475 g/mol. The van der Waals surface area contributed by atoms with E-state index in [0.29, 0.717) is 6.07 Å². The van der Waals surface area contributed by atoms with Crippen molar-refractivity contribution in [3.8, 4) is 17.0 Å². The number of nitrogens with two attached hydrogens (primary N) is 1. The lowest BCUT2D eigenvalue weighted by molar-refractivity contribution is -0.189. The fraction of sp³-hybridized carbons (Fsp3) is 0.200. The molecular formula is C20H16ClF5N4O2. The van der Waals surface area contributed by atoms with Gasteiger partial charge >= 0.3 is 6.18 Å². The number of nitrogen functional groups attached to an aromatic ring is 1. The normalized spacial score (nSPS) is 12.5. The average Bonchev–Trinajstić information content (AvgIpc) is 3.03. The summed E-state index contributed by atoms with van der Waals surface area (Å²) < 4.78 is 74.4. The predicted octanol–water partition coefficient (Wildman–Crippen LogP) is 5.18. The number of nitrogens with zero attached hydrogens (tertiary/aromatic N) is 2. The van der Waals surface area contributed by atoms with E-state index >= 15 is 0 Å². The molecule has 1 atom stereocenters. The summed E-state index contributed by atoms with van der Waals surface area (Å²) in [6.45, 7) is 0.719. The Morgan fingerprint density at radius 1 is 1.25 bits per heavy atom. The van der Waals surface area contributed by atoms with Gasteiger partial charge in [0.1, 0.15) is 17.4 Å². The Hall–Kier alpha value is -3.34. The third-order valence-electron chi connectivity index (χ3n) is 4.47. The van der Waals surface area contributed by atoms with E-state index in [1.165, 1.54) is 29.9 Å². The lowest BCUT2D eigenvalue weighted by Crippen LogP contribution is -2.32. The number of imidazole rings is 1. The first-order valence-electron chi connectivity index (χ1n) is 9.00. The van der Waals surface area contributed by atoms with Gasteiger partial charge in [-0.25, -0.2) is 13.8 Å². The zero-order valence-electron chi connectivity index (χ0n) is 16.6. The van der Waals surface area contributed by atoms with Crippen LogP contribution >= 0.6 is 11.6 Å². The highest BCUT2D eigenvalue weighted by Gasteiger charge is 2.39. The van der Waals surface area contributed by atoms with Gasteiger partial charge in [0.15, 0.2) is 12.1 Å². The van der Waals surface area contributed by atoms with Gasteiger partial charge in [-0.15, -0.1) is 0 Å². The first kappa shape index (κ1) is 23.3. The van der Waals surface area contributed by atoms with Crippen molar-refractivity contribution in [1.29, 1.82) is 0 Å². The molecule has 2 aromatic carbocycles. The molecule has 12 heteroatoms. The Labute approximate surface area is 183 Å². The fourth-order valence-electron chi connectivity index (χ4n) is 2.69. The number of amides is 1. The molecular weight excluding hydrogens is 459 g/mol. The van der Waals surface area contributed by atoms with E-state index in [-0.39, 0.29) is 22.2 Å². The summed E-state index contributed by atoms with van der Waals surface area (Å²) in [4.78, 5) is 16.7. The summed E-state index contributed by atoms with van der Waals surface area (Å²) >= 11 is 5.87. The summed E-state index contributed by atoms with van der Waals surface area (Å²) in [5.41, 5.74) is 4.37. The van der Waals surface area contributed by atoms with E-state index in [9.17, 15) is 26.7 Å². The molecule has 0 bridgehead atoms. The molecule has 6 nitrogen and oxygen atoms in total. The quantitative estimate of drug-likeness (QED) is 0.499. The topological polar surface area (TPSA) is 82.2 Å². The molecule has 0 aliphatic carbocycles. The lowest BCUT2D eigenvalue weighted by atomic mass is 10.1.